The number of benzene rings is 2. The van der Waals surface area contributed by atoms with Gasteiger partial charge < -0.3 is 4.90 Å². The highest BCUT2D eigenvalue weighted by molar-refractivity contribution is 7.99. The van der Waals surface area contributed by atoms with E-state index in [0.717, 1.165) is 29.7 Å². The lowest BCUT2D eigenvalue weighted by Crippen LogP contribution is -2.42. The van der Waals surface area contributed by atoms with Crippen LogP contribution in [0.15, 0.2) is 76.0 Å². The van der Waals surface area contributed by atoms with Gasteiger partial charge in [-0.1, -0.05) is 79.6 Å². The lowest BCUT2D eigenvalue weighted by atomic mass is 9.94. The van der Waals surface area contributed by atoms with Gasteiger partial charge in [-0.2, -0.15) is 0 Å². The molecule has 0 unspecified atom stereocenters. The second-order valence-corrected chi connectivity index (χ2v) is 10.6. The zero-order chi connectivity index (χ0) is 24.2. The summed E-state index contributed by atoms with van der Waals surface area (Å²) in [6.07, 6.45) is 5.81. The first kappa shape index (κ1) is 23.8. The van der Waals surface area contributed by atoms with Crippen molar-refractivity contribution in [1.29, 1.82) is 0 Å². The van der Waals surface area contributed by atoms with Gasteiger partial charge in [0.1, 0.15) is 4.83 Å². The van der Waals surface area contributed by atoms with E-state index < -0.39 is 0 Å². The minimum Gasteiger partial charge on any atom is -0.339 e. The number of thioether (sulfide) groups is 1. The molecule has 2 aromatic carbocycles. The van der Waals surface area contributed by atoms with Crippen molar-refractivity contribution in [2.24, 2.45) is 0 Å². The van der Waals surface area contributed by atoms with Gasteiger partial charge in [-0.05, 0) is 37.5 Å². The molecule has 180 valence electrons. The van der Waals surface area contributed by atoms with Crippen LogP contribution < -0.4 is 5.56 Å². The van der Waals surface area contributed by atoms with E-state index >= 15 is 0 Å². The highest BCUT2D eigenvalue weighted by Crippen LogP contribution is 2.33. The van der Waals surface area contributed by atoms with Crippen LogP contribution in [0.2, 0.25) is 0 Å². The fourth-order valence-electron chi connectivity index (χ4n) is 4.94. The van der Waals surface area contributed by atoms with Gasteiger partial charge in [0.2, 0.25) is 5.91 Å². The molecule has 0 atom stereocenters. The molecular formula is C28H29N3O2S2. The molecule has 1 aliphatic carbocycles. The molecule has 2 heterocycles. The Bertz CT molecular complexity index is 1360. The van der Waals surface area contributed by atoms with E-state index in [-0.39, 0.29) is 17.2 Å². The van der Waals surface area contributed by atoms with E-state index in [0.29, 0.717) is 28.0 Å². The predicted octanol–water partition coefficient (Wildman–Crippen LogP) is 6.39. The molecule has 0 bridgehead atoms. The van der Waals surface area contributed by atoms with E-state index in [1.54, 1.807) is 4.57 Å². The molecule has 5 nitrogen and oxygen atoms in total. The van der Waals surface area contributed by atoms with Gasteiger partial charge >= 0.3 is 0 Å². The van der Waals surface area contributed by atoms with Crippen molar-refractivity contribution < 1.29 is 4.79 Å². The van der Waals surface area contributed by atoms with Crippen molar-refractivity contribution in [3.8, 4) is 16.8 Å². The van der Waals surface area contributed by atoms with Gasteiger partial charge in [0.15, 0.2) is 5.16 Å². The molecule has 1 amide bonds. The van der Waals surface area contributed by atoms with Crippen molar-refractivity contribution in [3.05, 3.63) is 76.4 Å². The summed E-state index contributed by atoms with van der Waals surface area (Å²) in [5.74, 6) is 0.390. The second-order valence-electron chi connectivity index (χ2n) is 8.83. The zero-order valence-corrected chi connectivity index (χ0v) is 21.5. The lowest BCUT2D eigenvalue weighted by molar-refractivity contribution is -0.131. The quantitative estimate of drug-likeness (QED) is 0.217. The average Bonchev–Trinajstić information content (AvgIpc) is 3.34. The Morgan fingerprint density at radius 1 is 1.06 bits per heavy atom. The largest absolute Gasteiger partial charge is 0.339 e. The van der Waals surface area contributed by atoms with E-state index in [1.165, 1.54) is 42.4 Å². The number of aromatic nitrogens is 2. The summed E-state index contributed by atoms with van der Waals surface area (Å²) in [6, 6.07) is 19.9. The number of thiophene rings is 1. The summed E-state index contributed by atoms with van der Waals surface area (Å²) >= 11 is 2.83. The Labute approximate surface area is 213 Å². The number of carbonyl (C=O) groups excluding carboxylic acids is 1. The third-order valence-electron chi connectivity index (χ3n) is 6.68. The van der Waals surface area contributed by atoms with Crippen molar-refractivity contribution in [2.75, 3.05) is 12.3 Å². The van der Waals surface area contributed by atoms with Crippen LogP contribution in [0.5, 0.6) is 0 Å². The number of fused-ring (bicyclic) bond motifs is 1. The Kier molecular flexibility index (Phi) is 7.35. The van der Waals surface area contributed by atoms with Crippen LogP contribution in [0.4, 0.5) is 0 Å². The van der Waals surface area contributed by atoms with E-state index in [2.05, 4.69) is 6.92 Å². The zero-order valence-electron chi connectivity index (χ0n) is 19.9. The minimum absolute atomic E-state index is 0.101. The fraction of sp³-hybridized carbons (Fsp3) is 0.321. The Balaban J connectivity index is 1.52. The predicted molar refractivity (Wildman–Crippen MR) is 146 cm³/mol. The standard InChI is InChI=1S/C28H29N3O2S2/c1-2-30(21-14-8-4-9-15-21)24(32)19-35-28-29-26-25(23(18-34-26)20-12-6-3-7-13-20)27(33)31(28)22-16-10-5-11-17-22/h3,5-7,10-13,16-18,21H,2,4,8-9,14-15,19H2,1H3. The molecule has 1 saturated carbocycles. The molecule has 1 fully saturated rings. The molecule has 1 aliphatic rings. The van der Waals surface area contributed by atoms with E-state index in [1.807, 2.05) is 70.9 Å². The highest BCUT2D eigenvalue weighted by Gasteiger charge is 2.25. The second kappa shape index (κ2) is 10.8. The summed E-state index contributed by atoms with van der Waals surface area (Å²) < 4.78 is 1.66. The lowest BCUT2D eigenvalue weighted by Gasteiger charge is -2.33. The van der Waals surface area contributed by atoms with Crippen LogP contribution in [0, 0.1) is 0 Å². The highest BCUT2D eigenvalue weighted by atomic mass is 32.2. The van der Waals surface area contributed by atoms with Crippen molar-refractivity contribution in [3.63, 3.8) is 0 Å². The number of hydrogen-bond donors (Lipinski definition) is 0. The fourth-order valence-corrected chi connectivity index (χ4v) is 6.83. The number of hydrogen-bond acceptors (Lipinski definition) is 5. The molecule has 35 heavy (non-hydrogen) atoms. The SMILES string of the molecule is CCN(C(=O)CSc1nc2scc(-c3ccccc3)c2c(=O)n1-c1ccccc1)C1CCCCC1. The number of carbonyl (C=O) groups is 1. The molecule has 0 N–H and O–H groups in total. The monoisotopic (exact) mass is 503 g/mol. The molecule has 4 aromatic rings. The summed E-state index contributed by atoms with van der Waals surface area (Å²) in [6.45, 7) is 2.77. The summed E-state index contributed by atoms with van der Waals surface area (Å²) in [5.41, 5.74) is 2.55. The number of nitrogens with zero attached hydrogens (tertiary/aromatic N) is 3. The van der Waals surface area contributed by atoms with E-state index in [9.17, 15) is 9.59 Å². The Hall–Kier alpha value is -2.90. The smallest absolute Gasteiger partial charge is 0.268 e. The molecule has 7 heteroatoms. The van der Waals surface area contributed by atoms with Crippen LogP contribution in [-0.2, 0) is 4.79 Å². The van der Waals surface area contributed by atoms with E-state index in [4.69, 9.17) is 4.98 Å². The Morgan fingerprint density at radius 3 is 2.43 bits per heavy atom. The third-order valence-corrected chi connectivity index (χ3v) is 8.47. The number of para-hydroxylation sites is 1. The first-order chi connectivity index (χ1) is 17.2. The first-order valence-electron chi connectivity index (χ1n) is 12.2. The first-order valence-corrected chi connectivity index (χ1v) is 14.1. The van der Waals surface area contributed by atoms with Crippen LogP contribution in [-0.4, -0.2) is 38.7 Å². The number of amides is 1. The van der Waals surface area contributed by atoms with Crippen LogP contribution in [0.25, 0.3) is 27.0 Å². The average molecular weight is 504 g/mol. The van der Waals surface area contributed by atoms with Crippen LogP contribution >= 0.6 is 23.1 Å². The van der Waals surface area contributed by atoms with Gasteiger partial charge in [0.25, 0.3) is 5.56 Å². The molecule has 2 aromatic heterocycles. The summed E-state index contributed by atoms with van der Waals surface area (Å²) in [5, 5.41) is 3.19. The van der Waals surface area contributed by atoms with Crippen molar-refractivity contribution in [2.45, 2.75) is 50.2 Å². The molecule has 0 spiro atoms. The molecular weight excluding hydrogens is 474 g/mol. The maximum absolute atomic E-state index is 13.9. The van der Waals surface area contributed by atoms with Gasteiger partial charge in [0, 0.05) is 23.5 Å². The Morgan fingerprint density at radius 2 is 1.74 bits per heavy atom. The topological polar surface area (TPSA) is 55.2 Å². The summed E-state index contributed by atoms with van der Waals surface area (Å²) in [7, 11) is 0. The van der Waals surface area contributed by atoms with Crippen LogP contribution in [0.1, 0.15) is 39.0 Å². The molecule has 0 saturated heterocycles. The summed E-state index contributed by atoms with van der Waals surface area (Å²) in [4.78, 5) is 34.8. The number of rotatable bonds is 7. The maximum atomic E-state index is 13.9. The minimum atomic E-state index is -0.101. The van der Waals surface area contributed by atoms with Gasteiger partial charge in [0.05, 0.1) is 16.8 Å². The molecule has 0 radical (unpaired) electrons. The van der Waals surface area contributed by atoms with Gasteiger partial charge in [-0.15, -0.1) is 11.3 Å². The van der Waals surface area contributed by atoms with Crippen LogP contribution in [0.3, 0.4) is 0 Å². The van der Waals surface area contributed by atoms with Gasteiger partial charge in [-0.3, -0.25) is 14.2 Å². The van der Waals surface area contributed by atoms with Gasteiger partial charge in [-0.25, -0.2) is 4.98 Å². The normalized spacial score (nSPS) is 14.3. The third kappa shape index (κ3) is 4.93. The van der Waals surface area contributed by atoms with Crippen molar-refractivity contribution >= 4 is 39.2 Å². The van der Waals surface area contributed by atoms with Crippen molar-refractivity contribution in [1.82, 2.24) is 14.5 Å². The molecule has 0 aliphatic heterocycles. The maximum Gasteiger partial charge on any atom is 0.268 e. The molecule has 5 rings (SSSR count).